The van der Waals surface area contributed by atoms with Gasteiger partial charge in [0.25, 0.3) is 5.69 Å². The van der Waals surface area contributed by atoms with Crippen LogP contribution in [0.2, 0.25) is 5.02 Å². The number of halogens is 1. The van der Waals surface area contributed by atoms with E-state index in [0.29, 0.717) is 15.8 Å². The number of thiophene rings is 1. The van der Waals surface area contributed by atoms with Crippen LogP contribution in [0.25, 0.3) is 10.2 Å². The first kappa shape index (κ1) is 17.1. The van der Waals surface area contributed by atoms with Crippen LogP contribution in [0.5, 0.6) is 0 Å². The zero-order valence-corrected chi connectivity index (χ0v) is 14.4. The summed E-state index contributed by atoms with van der Waals surface area (Å²) in [7, 11) is 0. The Morgan fingerprint density at radius 3 is 2.96 bits per heavy atom. The molecular formula is C15H11ClN4O4S. The molecule has 0 saturated carbocycles. The summed E-state index contributed by atoms with van der Waals surface area (Å²) in [5, 5.41) is 16.5. The van der Waals surface area contributed by atoms with E-state index in [1.807, 2.05) is 0 Å². The first-order chi connectivity index (χ1) is 12.0. The standard InChI is InChI=1S/C15H11ClN4O4S/c1-2-24-15(21)9-6-25-14-12(9)13(17-7-18-14)19-10-4-3-8(16)5-11(10)20(22)23/h3-7H,2H2,1H3,(H,17,18,19). The number of nitrogens with zero attached hydrogens (tertiary/aromatic N) is 3. The Balaban J connectivity index is 2.10. The second-order valence-corrected chi connectivity index (χ2v) is 6.11. The SMILES string of the molecule is CCOC(=O)c1csc2ncnc(Nc3ccc(Cl)cc3[N+](=O)[O-])c12. The fraction of sp³-hybridized carbons (Fsp3) is 0.133. The molecule has 0 unspecified atom stereocenters. The van der Waals surface area contributed by atoms with Crippen molar-refractivity contribution in [3.05, 3.63) is 50.6 Å². The highest BCUT2D eigenvalue weighted by Crippen LogP contribution is 2.35. The largest absolute Gasteiger partial charge is 0.462 e. The van der Waals surface area contributed by atoms with E-state index in [9.17, 15) is 14.9 Å². The van der Waals surface area contributed by atoms with Crippen molar-refractivity contribution in [3.63, 3.8) is 0 Å². The van der Waals surface area contributed by atoms with Crippen molar-refractivity contribution in [2.24, 2.45) is 0 Å². The fourth-order valence-electron chi connectivity index (χ4n) is 2.22. The molecule has 2 aromatic heterocycles. The average molecular weight is 379 g/mol. The van der Waals surface area contributed by atoms with Crippen LogP contribution in [0.3, 0.4) is 0 Å². The van der Waals surface area contributed by atoms with Gasteiger partial charge in [0.05, 0.1) is 22.5 Å². The Hall–Kier alpha value is -2.78. The molecule has 0 aliphatic heterocycles. The average Bonchev–Trinajstić information content (AvgIpc) is 3.01. The van der Waals surface area contributed by atoms with E-state index in [4.69, 9.17) is 16.3 Å². The van der Waals surface area contributed by atoms with Crippen LogP contribution in [-0.2, 0) is 4.74 Å². The van der Waals surface area contributed by atoms with Gasteiger partial charge >= 0.3 is 5.97 Å². The Kier molecular flexibility index (Phi) is 4.77. The number of carbonyl (C=O) groups excluding carboxylic acids is 1. The Morgan fingerprint density at radius 2 is 2.24 bits per heavy atom. The number of ether oxygens (including phenoxy) is 1. The number of nitro benzene ring substituents is 1. The molecule has 0 aliphatic carbocycles. The highest BCUT2D eigenvalue weighted by molar-refractivity contribution is 7.17. The third-order valence-corrected chi connectivity index (χ3v) is 4.40. The molecule has 25 heavy (non-hydrogen) atoms. The predicted molar refractivity (Wildman–Crippen MR) is 94.8 cm³/mol. The van der Waals surface area contributed by atoms with Crippen molar-refractivity contribution in [2.75, 3.05) is 11.9 Å². The van der Waals surface area contributed by atoms with Crippen LogP contribution in [0.4, 0.5) is 17.2 Å². The number of fused-ring (bicyclic) bond motifs is 1. The molecule has 128 valence electrons. The van der Waals surface area contributed by atoms with Gasteiger partial charge in [0.2, 0.25) is 0 Å². The maximum absolute atomic E-state index is 12.1. The minimum absolute atomic E-state index is 0.202. The van der Waals surface area contributed by atoms with Crippen molar-refractivity contribution in [1.82, 2.24) is 9.97 Å². The van der Waals surface area contributed by atoms with Crippen molar-refractivity contribution >= 4 is 56.3 Å². The molecule has 2 heterocycles. The number of esters is 1. The highest BCUT2D eigenvalue weighted by atomic mass is 35.5. The van der Waals surface area contributed by atoms with E-state index in [1.165, 1.54) is 35.9 Å². The molecule has 0 radical (unpaired) electrons. The number of benzene rings is 1. The topological polar surface area (TPSA) is 107 Å². The van der Waals surface area contributed by atoms with Gasteiger partial charge in [0.15, 0.2) is 0 Å². The highest BCUT2D eigenvalue weighted by Gasteiger charge is 2.21. The number of anilines is 2. The molecule has 0 saturated heterocycles. The minimum Gasteiger partial charge on any atom is -0.462 e. The van der Waals surface area contributed by atoms with Gasteiger partial charge in [0, 0.05) is 16.5 Å². The van der Waals surface area contributed by atoms with Gasteiger partial charge in [-0.2, -0.15) is 0 Å². The van der Waals surface area contributed by atoms with Crippen molar-refractivity contribution in [2.45, 2.75) is 6.92 Å². The number of rotatable bonds is 5. The molecule has 8 nitrogen and oxygen atoms in total. The Bertz CT molecular complexity index is 975. The molecule has 0 amide bonds. The molecule has 0 aliphatic rings. The second-order valence-electron chi connectivity index (χ2n) is 4.82. The van der Waals surface area contributed by atoms with Crippen molar-refractivity contribution in [1.29, 1.82) is 0 Å². The van der Waals surface area contributed by atoms with E-state index >= 15 is 0 Å². The van der Waals surface area contributed by atoms with Crippen LogP contribution < -0.4 is 5.32 Å². The quantitative estimate of drug-likeness (QED) is 0.403. The van der Waals surface area contributed by atoms with Gasteiger partial charge in [0.1, 0.15) is 22.7 Å². The van der Waals surface area contributed by atoms with Crippen molar-refractivity contribution < 1.29 is 14.5 Å². The lowest BCUT2D eigenvalue weighted by atomic mass is 10.2. The number of carbonyl (C=O) groups is 1. The van der Waals surface area contributed by atoms with Crippen LogP contribution in [-0.4, -0.2) is 27.5 Å². The number of nitro groups is 1. The predicted octanol–water partition coefficient (Wildman–Crippen LogP) is 4.17. The summed E-state index contributed by atoms with van der Waals surface area (Å²) >= 11 is 7.08. The summed E-state index contributed by atoms with van der Waals surface area (Å²) in [4.78, 5) is 31.6. The molecule has 0 spiro atoms. The molecule has 0 atom stereocenters. The van der Waals surface area contributed by atoms with E-state index in [-0.39, 0.29) is 28.8 Å². The summed E-state index contributed by atoms with van der Waals surface area (Å²) in [5.74, 6) is -0.225. The summed E-state index contributed by atoms with van der Waals surface area (Å²) in [6.45, 7) is 1.94. The van der Waals surface area contributed by atoms with Gasteiger partial charge in [-0.3, -0.25) is 10.1 Å². The third kappa shape index (κ3) is 3.37. The second kappa shape index (κ2) is 6.99. The summed E-state index contributed by atoms with van der Waals surface area (Å²) in [6, 6.07) is 4.24. The van der Waals surface area contributed by atoms with Gasteiger partial charge in [-0.1, -0.05) is 11.6 Å². The first-order valence-electron chi connectivity index (χ1n) is 7.11. The molecule has 3 rings (SSSR count). The van der Waals surface area contributed by atoms with E-state index < -0.39 is 10.9 Å². The molecule has 1 aromatic carbocycles. The van der Waals surface area contributed by atoms with E-state index in [1.54, 1.807) is 12.3 Å². The number of hydrogen-bond acceptors (Lipinski definition) is 8. The number of hydrogen-bond donors (Lipinski definition) is 1. The number of aromatic nitrogens is 2. The third-order valence-electron chi connectivity index (χ3n) is 3.28. The summed E-state index contributed by atoms with van der Waals surface area (Å²) < 4.78 is 5.04. The van der Waals surface area contributed by atoms with E-state index in [0.717, 1.165) is 0 Å². The molecule has 3 aromatic rings. The monoisotopic (exact) mass is 378 g/mol. The smallest absolute Gasteiger partial charge is 0.339 e. The van der Waals surface area contributed by atoms with Crippen LogP contribution >= 0.6 is 22.9 Å². The van der Waals surface area contributed by atoms with Gasteiger partial charge in [-0.15, -0.1) is 11.3 Å². The lowest BCUT2D eigenvalue weighted by Gasteiger charge is -2.09. The van der Waals surface area contributed by atoms with Crippen molar-refractivity contribution in [3.8, 4) is 0 Å². The fourth-order valence-corrected chi connectivity index (χ4v) is 3.26. The first-order valence-corrected chi connectivity index (χ1v) is 8.37. The van der Waals surface area contributed by atoms with Gasteiger partial charge in [-0.25, -0.2) is 14.8 Å². The number of nitrogens with one attached hydrogen (secondary N) is 1. The molecule has 0 fully saturated rings. The van der Waals surface area contributed by atoms with Crippen LogP contribution in [0.15, 0.2) is 29.9 Å². The van der Waals surface area contributed by atoms with E-state index in [2.05, 4.69) is 15.3 Å². The summed E-state index contributed by atoms with van der Waals surface area (Å²) in [6.07, 6.45) is 1.32. The Morgan fingerprint density at radius 1 is 1.44 bits per heavy atom. The lowest BCUT2D eigenvalue weighted by molar-refractivity contribution is -0.383. The minimum atomic E-state index is -0.549. The molecule has 1 N–H and O–H groups in total. The summed E-state index contributed by atoms with van der Waals surface area (Å²) in [5.41, 5.74) is 0.309. The zero-order valence-electron chi connectivity index (χ0n) is 12.9. The zero-order chi connectivity index (χ0) is 18.0. The molecule has 0 bridgehead atoms. The van der Waals surface area contributed by atoms with Gasteiger partial charge < -0.3 is 10.1 Å². The maximum Gasteiger partial charge on any atom is 0.339 e. The van der Waals surface area contributed by atoms with Crippen LogP contribution in [0.1, 0.15) is 17.3 Å². The molecule has 10 heteroatoms. The lowest BCUT2D eigenvalue weighted by Crippen LogP contribution is -2.05. The molecular weight excluding hydrogens is 368 g/mol. The Labute approximate surface area is 150 Å². The normalized spacial score (nSPS) is 10.6. The van der Waals surface area contributed by atoms with Gasteiger partial charge in [-0.05, 0) is 19.1 Å². The van der Waals surface area contributed by atoms with Crippen LogP contribution in [0, 0.1) is 10.1 Å². The maximum atomic E-state index is 12.1.